The van der Waals surface area contributed by atoms with Crippen LogP contribution in [0.5, 0.6) is 5.88 Å². The third-order valence-electron chi connectivity index (χ3n) is 2.10. The molecule has 0 aromatic carbocycles. The minimum absolute atomic E-state index is 0.236. The average molecular weight is 208 g/mol. The van der Waals surface area contributed by atoms with Gasteiger partial charge in [-0.05, 0) is 26.3 Å². The SMILES string of the molecule is CCCC(C)Oc1cccc(NCC)n1. The van der Waals surface area contributed by atoms with E-state index in [2.05, 4.69) is 31.1 Å². The van der Waals surface area contributed by atoms with Crippen LogP contribution >= 0.6 is 0 Å². The average Bonchev–Trinajstić information content (AvgIpc) is 2.19. The highest BCUT2D eigenvalue weighted by Gasteiger charge is 2.03. The summed E-state index contributed by atoms with van der Waals surface area (Å²) < 4.78 is 5.69. The van der Waals surface area contributed by atoms with E-state index >= 15 is 0 Å². The third-order valence-corrected chi connectivity index (χ3v) is 2.10. The van der Waals surface area contributed by atoms with Crippen LogP contribution < -0.4 is 10.1 Å². The van der Waals surface area contributed by atoms with Crippen LogP contribution in [0.3, 0.4) is 0 Å². The lowest BCUT2D eigenvalue weighted by molar-refractivity contribution is 0.202. The van der Waals surface area contributed by atoms with E-state index in [1.165, 1.54) is 0 Å². The molecule has 0 saturated heterocycles. The zero-order valence-corrected chi connectivity index (χ0v) is 9.79. The Bertz CT molecular complexity index is 289. The summed E-state index contributed by atoms with van der Waals surface area (Å²) in [4.78, 5) is 4.35. The van der Waals surface area contributed by atoms with E-state index in [4.69, 9.17) is 4.74 Å². The van der Waals surface area contributed by atoms with Crippen LogP contribution in [0.4, 0.5) is 5.82 Å². The van der Waals surface area contributed by atoms with Gasteiger partial charge in [0.2, 0.25) is 5.88 Å². The standard InChI is InChI=1S/C12H20N2O/c1-4-7-10(3)15-12-9-6-8-11(14-12)13-5-2/h6,8-10H,4-5,7H2,1-3H3,(H,13,14). The summed E-state index contributed by atoms with van der Waals surface area (Å²) in [6.45, 7) is 7.16. The Labute approximate surface area is 91.9 Å². The molecule has 0 aliphatic carbocycles. The number of hydrogen-bond acceptors (Lipinski definition) is 3. The first-order valence-electron chi connectivity index (χ1n) is 5.63. The first kappa shape index (κ1) is 11.8. The van der Waals surface area contributed by atoms with Gasteiger partial charge in [-0.25, -0.2) is 0 Å². The summed E-state index contributed by atoms with van der Waals surface area (Å²) in [7, 11) is 0. The first-order valence-corrected chi connectivity index (χ1v) is 5.63. The summed E-state index contributed by atoms with van der Waals surface area (Å²) in [5.74, 6) is 1.58. The van der Waals surface area contributed by atoms with Crippen LogP contribution in [0.25, 0.3) is 0 Å². The molecule has 0 fully saturated rings. The molecule has 0 amide bonds. The van der Waals surface area contributed by atoms with Gasteiger partial charge in [0.1, 0.15) is 5.82 Å². The highest BCUT2D eigenvalue weighted by molar-refractivity contribution is 5.36. The molecule has 3 nitrogen and oxygen atoms in total. The number of hydrogen-bond donors (Lipinski definition) is 1. The second kappa shape index (κ2) is 6.27. The van der Waals surface area contributed by atoms with Gasteiger partial charge in [0, 0.05) is 12.6 Å². The van der Waals surface area contributed by atoms with Crippen LogP contribution in [0.15, 0.2) is 18.2 Å². The van der Waals surface area contributed by atoms with Gasteiger partial charge >= 0.3 is 0 Å². The molecule has 1 heterocycles. The van der Waals surface area contributed by atoms with Crippen LogP contribution in [-0.2, 0) is 0 Å². The highest BCUT2D eigenvalue weighted by atomic mass is 16.5. The molecule has 0 radical (unpaired) electrons. The predicted octanol–water partition coefficient (Wildman–Crippen LogP) is 3.08. The van der Waals surface area contributed by atoms with E-state index in [-0.39, 0.29) is 6.10 Å². The summed E-state index contributed by atoms with van der Waals surface area (Å²) in [6.07, 6.45) is 2.43. The lowest BCUT2D eigenvalue weighted by Crippen LogP contribution is -2.12. The largest absolute Gasteiger partial charge is 0.475 e. The highest BCUT2D eigenvalue weighted by Crippen LogP contribution is 2.14. The number of ether oxygens (including phenoxy) is 1. The molecule has 0 aliphatic heterocycles. The van der Waals surface area contributed by atoms with Gasteiger partial charge in [-0.2, -0.15) is 4.98 Å². The summed E-state index contributed by atoms with van der Waals surface area (Å²) in [6, 6.07) is 5.80. The monoisotopic (exact) mass is 208 g/mol. The molecule has 1 rings (SSSR count). The van der Waals surface area contributed by atoms with Crippen molar-refractivity contribution in [2.75, 3.05) is 11.9 Å². The van der Waals surface area contributed by atoms with Crippen LogP contribution in [0.1, 0.15) is 33.6 Å². The van der Waals surface area contributed by atoms with Gasteiger partial charge in [0.25, 0.3) is 0 Å². The van der Waals surface area contributed by atoms with Gasteiger partial charge in [-0.1, -0.05) is 19.4 Å². The zero-order valence-electron chi connectivity index (χ0n) is 9.79. The molecule has 1 N–H and O–H groups in total. The van der Waals surface area contributed by atoms with Gasteiger partial charge in [-0.15, -0.1) is 0 Å². The Morgan fingerprint density at radius 3 is 2.87 bits per heavy atom. The third kappa shape index (κ3) is 4.19. The molecule has 1 aromatic heterocycles. The maximum absolute atomic E-state index is 5.69. The van der Waals surface area contributed by atoms with Gasteiger partial charge < -0.3 is 10.1 Å². The minimum Gasteiger partial charge on any atom is -0.475 e. The van der Waals surface area contributed by atoms with Crippen molar-refractivity contribution in [1.82, 2.24) is 4.98 Å². The Morgan fingerprint density at radius 2 is 2.20 bits per heavy atom. The van der Waals surface area contributed by atoms with Crippen molar-refractivity contribution in [3.05, 3.63) is 18.2 Å². The molecule has 1 aromatic rings. The molecule has 0 aliphatic rings. The number of anilines is 1. The maximum Gasteiger partial charge on any atom is 0.215 e. The summed E-state index contributed by atoms with van der Waals surface area (Å²) >= 11 is 0. The molecular formula is C12H20N2O. The fourth-order valence-corrected chi connectivity index (χ4v) is 1.43. The van der Waals surface area contributed by atoms with Crippen molar-refractivity contribution < 1.29 is 4.74 Å². The number of nitrogens with one attached hydrogen (secondary N) is 1. The topological polar surface area (TPSA) is 34.1 Å². The van der Waals surface area contributed by atoms with E-state index in [0.29, 0.717) is 5.88 Å². The number of rotatable bonds is 6. The molecule has 0 spiro atoms. The van der Waals surface area contributed by atoms with Gasteiger partial charge in [0.15, 0.2) is 0 Å². The number of pyridine rings is 1. The predicted molar refractivity (Wildman–Crippen MR) is 63.4 cm³/mol. The maximum atomic E-state index is 5.69. The van der Waals surface area contributed by atoms with Crippen molar-refractivity contribution in [1.29, 1.82) is 0 Å². The Kier molecular flexibility index (Phi) is 4.95. The van der Waals surface area contributed by atoms with Gasteiger partial charge in [0.05, 0.1) is 6.10 Å². The molecule has 3 heteroatoms. The lowest BCUT2D eigenvalue weighted by Gasteiger charge is -2.13. The fourth-order valence-electron chi connectivity index (χ4n) is 1.43. The molecule has 15 heavy (non-hydrogen) atoms. The summed E-state index contributed by atoms with van der Waals surface area (Å²) in [5, 5.41) is 3.16. The lowest BCUT2D eigenvalue weighted by atomic mass is 10.2. The molecule has 0 bridgehead atoms. The van der Waals surface area contributed by atoms with E-state index in [9.17, 15) is 0 Å². The zero-order chi connectivity index (χ0) is 11.1. The van der Waals surface area contributed by atoms with Crippen LogP contribution in [0.2, 0.25) is 0 Å². The Morgan fingerprint density at radius 1 is 1.40 bits per heavy atom. The van der Waals surface area contributed by atoms with Crippen molar-refractivity contribution >= 4 is 5.82 Å². The summed E-state index contributed by atoms with van der Waals surface area (Å²) in [5.41, 5.74) is 0. The molecule has 84 valence electrons. The number of aromatic nitrogens is 1. The number of nitrogens with zero attached hydrogens (tertiary/aromatic N) is 1. The van der Waals surface area contributed by atoms with E-state index in [1.54, 1.807) is 0 Å². The van der Waals surface area contributed by atoms with Crippen molar-refractivity contribution in [3.8, 4) is 5.88 Å². The quantitative estimate of drug-likeness (QED) is 0.780. The minimum atomic E-state index is 0.236. The molecule has 1 unspecified atom stereocenters. The van der Waals surface area contributed by atoms with Crippen LogP contribution in [-0.4, -0.2) is 17.6 Å². The molecule has 0 saturated carbocycles. The van der Waals surface area contributed by atoms with E-state index in [1.807, 2.05) is 18.2 Å². The van der Waals surface area contributed by atoms with E-state index < -0.39 is 0 Å². The first-order chi connectivity index (χ1) is 7.26. The fraction of sp³-hybridized carbons (Fsp3) is 0.583. The van der Waals surface area contributed by atoms with E-state index in [0.717, 1.165) is 25.2 Å². The Balaban J connectivity index is 2.56. The second-order valence-corrected chi connectivity index (χ2v) is 3.61. The smallest absolute Gasteiger partial charge is 0.215 e. The van der Waals surface area contributed by atoms with Crippen molar-refractivity contribution in [3.63, 3.8) is 0 Å². The van der Waals surface area contributed by atoms with Crippen molar-refractivity contribution in [2.45, 2.75) is 39.7 Å². The van der Waals surface area contributed by atoms with Gasteiger partial charge in [-0.3, -0.25) is 0 Å². The Hall–Kier alpha value is -1.25. The second-order valence-electron chi connectivity index (χ2n) is 3.61. The normalized spacial score (nSPS) is 12.2. The van der Waals surface area contributed by atoms with Crippen molar-refractivity contribution in [2.24, 2.45) is 0 Å². The molecule has 1 atom stereocenters. The molecular weight excluding hydrogens is 188 g/mol. The van der Waals surface area contributed by atoms with Crippen LogP contribution in [0, 0.1) is 0 Å².